The number of alkyl halides is 3. The molecule has 0 spiro atoms. The lowest BCUT2D eigenvalue weighted by Crippen LogP contribution is -2.36. The zero-order chi connectivity index (χ0) is 25.7. The number of nitrogens with zero attached hydrogens (tertiary/aromatic N) is 1. The molecule has 1 saturated heterocycles. The second-order valence-corrected chi connectivity index (χ2v) is 8.73. The van der Waals surface area contributed by atoms with Crippen molar-refractivity contribution in [2.24, 2.45) is 0 Å². The molecule has 0 radical (unpaired) electrons. The molecule has 1 N–H and O–H groups in total. The van der Waals surface area contributed by atoms with Gasteiger partial charge in [-0.3, -0.25) is 19.3 Å². The minimum absolute atomic E-state index is 0.0908. The third-order valence-corrected chi connectivity index (χ3v) is 5.98. The van der Waals surface area contributed by atoms with Crippen molar-refractivity contribution in [1.29, 1.82) is 0 Å². The van der Waals surface area contributed by atoms with Crippen molar-refractivity contribution in [2.75, 3.05) is 11.9 Å². The van der Waals surface area contributed by atoms with Crippen molar-refractivity contribution in [3.05, 3.63) is 100 Å². The van der Waals surface area contributed by atoms with Crippen molar-refractivity contribution in [1.82, 2.24) is 4.90 Å². The van der Waals surface area contributed by atoms with Crippen LogP contribution in [0.4, 0.5) is 23.7 Å². The van der Waals surface area contributed by atoms with Crippen molar-refractivity contribution in [3.8, 4) is 5.75 Å². The summed E-state index contributed by atoms with van der Waals surface area (Å²) in [7, 11) is 0. The number of imide groups is 1. The molecule has 184 valence electrons. The maximum absolute atomic E-state index is 12.9. The fourth-order valence-corrected chi connectivity index (χ4v) is 4.14. The Kier molecular flexibility index (Phi) is 7.44. The lowest BCUT2D eigenvalue weighted by molar-refractivity contribution is -0.137. The fourth-order valence-electron chi connectivity index (χ4n) is 3.31. The Bertz CT molecular complexity index is 1310. The summed E-state index contributed by atoms with van der Waals surface area (Å²) in [5.41, 5.74) is 0.658. The van der Waals surface area contributed by atoms with Crippen LogP contribution in [0.3, 0.4) is 0 Å². The van der Waals surface area contributed by atoms with Crippen LogP contribution < -0.4 is 10.1 Å². The maximum atomic E-state index is 12.9. The first-order valence-corrected chi connectivity index (χ1v) is 11.5. The number of hydrogen-bond acceptors (Lipinski definition) is 5. The van der Waals surface area contributed by atoms with E-state index in [0.29, 0.717) is 29.7 Å². The topological polar surface area (TPSA) is 75.7 Å². The van der Waals surface area contributed by atoms with E-state index in [9.17, 15) is 27.6 Å². The van der Waals surface area contributed by atoms with Gasteiger partial charge >= 0.3 is 6.18 Å². The van der Waals surface area contributed by atoms with Gasteiger partial charge in [-0.05, 0) is 59.3 Å². The van der Waals surface area contributed by atoms with E-state index in [0.717, 1.165) is 28.7 Å². The number of halogens is 3. The molecule has 0 aliphatic carbocycles. The largest absolute Gasteiger partial charge is 0.489 e. The smallest absolute Gasteiger partial charge is 0.416 e. The molecule has 0 aromatic heterocycles. The standard InChI is InChI=1S/C26H19F3N2O4S/c27-26(28,29)19-7-4-8-20(14-19)30-23(32)15-31-24(33)22(36-25(31)34)13-17-9-11-21(12-10-17)35-16-18-5-2-1-3-6-18/h1-14H,15-16H2,(H,30,32)/b22-13-. The number of benzene rings is 3. The predicted molar refractivity (Wildman–Crippen MR) is 130 cm³/mol. The van der Waals surface area contributed by atoms with E-state index < -0.39 is 35.3 Å². The van der Waals surface area contributed by atoms with E-state index in [2.05, 4.69) is 5.32 Å². The molecule has 3 aromatic rings. The molecule has 0 saturated carbocycles. The highest BCUT2D eigenvalue weighted by Gasteiger charge is 2.36. The van der Waals surface area contributed by atoms with Crippen LogP contribution in [0.2, 0.25) is 0 Å². The van der Waals surface area contributed by atoms with Crippen molar-refractivity contribution in [3.63, 3.8) is 0 Å². The summed E-state index contributed by atoms with van der Waals surface area (Å²) in [4.78, 5) is 38.2. The Morgan fingerprint density at radius 3 is 2.39 bits per heavy atom. The SMILES string of the molecule is O=C(CN1C(=O)S/C(=C\c2ccc(OCc3ccccc3)cc2)C1=O)Nc1cccc(C(F)(F)F)c1. The lowest BCUT2D eigenvalue weighted by atomic mass is 10.2. The molecule has 3 amide bonds. The van der Waals surface area contributed by atoms with Crippen molar-refractivity contribution < 1.29 is 32.3 Å². The third kappa shape index (κ3) is 6.33. The number of carbonyl (C=O) groups excluding carboxylic acids is 3. The number of rotatable bonds is 7. The molecular weight excluding hydrogens is 493 g/mol. The quantitative estimate of drug-likeness (QED) is 0.396. The van der Waals surface area contributed by atoms with Gasteiger partial charge in [0.25, 0.3) is 11.1 Å². The molecule has 10 heteroatoms. The van der Waals surface area contributed by atoms with Gasteiger partial charge in [-0.1, -0.05) is 48.5 Å². The maximum Gasteiger partial charge on any atom is 0.416 e. The zero-order valence-corrected chi connectivity index (χ0v) is 19.4. The van der Waals surface area contributed by atoms with Crippen LogP contribution in [-0.2, 0) is 22.4 Å². The second kappa shape index (κ2) is 10.7. The molecule has 1 aliphatic heterocycles. The summed E-state index contributed by atoms with van der Waals surface area (Å²) in [6, 6.07) is 20.7. The molecule has 1 fully saturated rings. The van der Waals surface area contributed by atoms with Crippen LogP contribution in [0.5, 0.6) is 5.75 Å². The first-order valence-electron chi connectivity index (χ1n) is 10.7. The highest BCUT2D eigenvalue weighted by atomic mass is 32.2. The summed E-state index contributed by atoms with van der Waals surface area (Å²) < 4.78 is 44.3. The first kappa shape index (κ1) is 25.1. The first-order chi connectivity index (χ1) is 17.2. The Balaban J connectivity index is 1.36. The molecule has 3 aromatic carbocycles. The Morgan fingerprint density at radius 1 is 0.972 bits per heavy atom. The van der Waals surface area contributed by atoms with E-state index in [4.69, 9.17) is 4.74 Å². The van der Waals surface area contributed by atoms with Gasteiger partial charge in [-0.25, -0.2) is 0 Å². The van der Waals surface area contributed by atoms with E-state index >= 15 is 0 Å². The molecule has 4 rings (SSSR count). The Hall–Kier alpha value is -4.05. The zero-order valence-electron chi connectivity index (χ0n) is 18.6. The highest BCUT2D eigenvalue weighted by molar-refractivity contribution is 8.18. The third-order valence-electron chi connectivity index (χ3n) is 5.08. The minimum atomic E-state index is -4.57. The number of amides is 3. The van der Waals surface area contributed by atoms with Gasteiger partial charge in [0, 0.05) is 5.69 Å². The number of anilines is 1. The minimum Gasteiger partial charge on any atom is -0.489 e. The number of nitrogens with one attached hydrogen (secondary N) is 1. The van der Waals surface area contributed by atoms with Gasteiger partial charge < -0.3 is 10.1 Å². The molecular formula is C26H19F3N2O4S. The van der Waals surface area contributed by atoms with Crippen molar-refractivity contribution >= 4 is 40.6 Å². The fraction of sp³-hybridized carbons (Fsp3) is 0.115. The molecule has 1 heterocycles. The Labute approximate surface area is 208 Å². The summed E-state index contributed by atoms with van der Waals surface area (Å²) in [5.74, 6) is -0.818. The summed E-state index contributed by atoms with van der Waals surface area (Å²) in [6.07, 6.45) is -3.04. The van der Waals surface area contributed by atoms with Crippen LogP contribution in [0.1, 0.15) is 16.7 Å². The normalized spacial score (nSPS) is 14.9. The van der Waals surface area contributed by atoms with Crippen LogP contribution in [0.25, 0.3) is 6.08 Å². The van der Waals surface area contributed by atoms with Crippen molar-refractivity contribution in [2.45, 2.75) is 12.8 Å². The van der Waals surface area contributed by atoms with Crippen LogP contribution >= 0.6 is 11.8 Å². The van der Waals surface area contributed by atoms with Gasteiger partial charge in [-0.15, -0.1) is 0 Å². The number of carbonyl (C=O) groups is 3. The van der Waals surface area contributed by atoms with E-state index in [-0.39, 0.29) is 10.6 Å². The van der Waals surface area contributed by atoms with Gasteiger partial charge in [-0.2, -0.15) is 13.2 Å². The number of thioether (sulfide) groups is 1. The van der Waals surface area contributed by atoms with Gasteiger partial charge in [0.1, 0.15) is 18.9 Å². The lowest BCUT2D eigenvalue weighted by Gasteiger charge is -2.13. The number of hydrogen-bond donors (Lipinski definition) is 1. The van der Waals surface area contributed by atoms with E-state index in [1.165, 1.54) is 12.1 Å². The summed E-state index contributed by atoms with van der Waals surface area (Å²) in [6.45, 7) is -0.216. The summed E-state index contributed by atoms with van der Waals surface area (Å²) >= 11 is 0.681. The number of ether oxygens (including phenoxy) is 1. The highest BCUT2D eigenvalue weighted by Crippen LogP contribution is 2.33. The van der Waals surface area contributed by atoms with Gasteiger partial charge in [0.05, 0.1) is 10.5 Å². The predicted octanol–water partition coefficient (Wildman–Crippen LogP) is 5.96. The van der Waals surface area contributed by atoms with Crippen LogP contribution in [-0.4, -0.2) is 28.5 Å². The molecule has 36 heavy (non-hydrogen) atoms. The van der Waals surface area contributed by atoms with Crippen LogP contribution in [0.15, 0.2) is 83.8 Å². The molecule has 0 unspecified atom stereocenters. The van der Waals surface area contributed by atoms with E-state index in [1.807, 2.05) is 30.3 Å². The second-order valence-electron chi connectivity index (χ2n) is 7.74. The molecule has 0 atom stereocenters. The molecule has 1 aliphatic rings. The molecule has 0 bridgehead atoms. The van der Waals surface area contributed by atoms with Crippen LogP contribution in [0, 0.1) is 0 Å². The molecule has 6 nitrogen and oxygen atoms in total. The monoisotopic (exact) mass is 512 g/mol. The van der Waals surface area contributed by atoms with Gasteiger partial charge in [0.15, 0.2) is 0 Å². The van der Waals surface area contributed by atoms with E-state index in [1.54, 1.807) is 24.3 Å². The average molecular weight is 513 g/mol. The summed E-state index contributed by atoms with van der Waals surface area (Å²) in [5, 5.41) is 1.64. The van der Waals surface area contributed by atoms with Gasteiger partial charge in [0.2, 0.25) is 5.91 Å². The average Bonchev–Trinajstić information content (AvgIpc) is 3.11. The Morgan fingerprint density at radius 2 is 1.69 bits per heavy atom.